The van der Waals surface area contributed by atoms with Gasteiger partial charge in [-0.05, 0) is 39.3 Å². The number of carbonyl (C=O) groups excluding carboxylic acids is 1. The second-order valence-electron chi connectivity index (χ2n) is 5.10. The highest BCUT2D eigenvalue weighted by molar-refractivity contribution is 5.81. The molecule has 0 aliphatic rings. The first-order valence-corrected chi connectivity index (χ1v) is 7.16. The van der Waals surface area contributed by atoms with E-state index in [1.165, 1.54) is 0 Å². The second-order valence-corrected chi connectivity index (χ2v) is 5.10. The van der Waals surface area contributed by atoms with Gasteiger partial charge in [-0.1, -0.05) is 6.92 Å². The molecule has 1 aromatic rings. The van der Waals surface area contributed by atoms with Crippen LogP contribution in [-0.2, 0) is 4.79 Å². The summed E-state index contributed by atoms with van der Waals surface area (Å²) in [7, 11) is 0. The van der Waals surface area contributed by atoms with Gasteiger partial charge in [-0.25, -0.2) is 0 Å². The molecule has 1 aromatic heterocycles. The highest BCUT2D eigenvalue weighted by atomic mass is 16.3. The summed E-state index contributed by atoms with van der Waals surface area (Å²) in [5, 5.41) is 12.6. The van der Waals surface area contributed by atoms with Gasteiger partial charge in [0.25, 0.3) is 0 Å². The summed E-state index contributed by atoms with van der Waals surface area (Å²) in [6.07, 6.45) is 1.82. The number of aliphatic hydroxyl groups excluding tert-OH is 1. The number of pyridine rings is 1. The zero-order valence-corrected chi connectivity index (χ0v) is 12.8. The summed E-state index contributed by atoms with van der Waals surface area (Å²) < 4.78 is 0. The van der Waals surface area contributed by atoms with Gasteiger partial charge in [0, 0.05) is 12.6 Å². The molecule has 1 heterocycles. The van der Waals surface area contributed by atoms with Crippen molar-refractivity contribution in [1.29, 1.82) is 0 Å². The van der Waals surface area contributed by atoms with Gasteiger partial charge in [-0.3, -0.25) is 9.78 Å². The first-order valence-electron chi connectivity index (χ1n) is 7.16. The van der Waals surface area contributed by atoms with Gasteiger partial charge in [0.15, 0.2) is 0 Å². The highest BCUT2D eigenvalue weighted by Gasteiger charge is 2.12. The predicted molar refractivity (Wildman–Crippen MR) is 80.7 cm³/mol. The number of amides is 1. The lowest BCUT2D eigenvalue weighted by atomic mass is 10.2. The fraction of sp³-hybridized carbons (Fsp3) is 0.600. The third-order valence-corrected chi connectivity index (χ3v) is 3.03. The molecule has 0 unspecified atom stereocenters. The lowest BCUT2D eigenvalue weighted by molar-refractivity contribution is -0.120. The van der Waals surface area contributed by atoms with Crippen molar-refractivity contribution < 1.29 is 9.90 Å². The van der Waals surface area contributed by atoms with Crippen LogP contribution in [0.25, 0.3) is 0 Å². The topological polar surface area (TPSA) is 65.5 Å². The Morgan fingerprint density at radius 1 is 1.40 bits per heavy atom. The third kappa shape index (κ3) is 4.81. The maximum absolute atomic E-state index is 11.8. The minimum atomic E-state index is -0.525. The predicted octanol–water partition coefficient (Wildman–Crippen LogP) is 1.88. The highest BCUT2D eigenvalue weighted by Crippen LogP contribution is 2.18. The summed E-state index contributed by atoms with van der Waals surface area (Å²) in [4.78, 5) is 18.0. The Kier molecular flexibility index (Phi) is 6.45. The summed E-state index contributed by atoms with van der Waals surface area (Å²) in [6.45, 7) is 8.83. The molecular formula is C15H25N3O2. The summed E-state index contributed by atoms with van der Waals surface area (Å²) in [5.41, 5.74) is 1.55. The van der Waals surface area contributed by atoms with Crippen molar-refractivity contribution in [2.75, 3.05) is 18.0 Å². The molecule has 5 heteroatoms. The number of aromatic nitrogens is 1. The van der Waals surface area contributed by atoms with E-state index in [-0.39, 0.29) is 11.9 Å². The van der Waals surface area contributed by atoms with Crippen LogP contribution in [0.5, 0.6) is 0 Å². The zero-order chi connectivity index (χ0) is 15.1. The summed E-state index contributed by atoms with van der Waals surface area (Å²) in [6, 6.07) is 3.85. The maximum Gasteiger partial charge on any atom is 0.239 e. The van der Waals surface area contributed by atoms with E-state index in [1.807, 2.05) is 44.7 Å². The molecule has 1 atom stereocenters. The molecule has 0 aliphatic carbocycles. The molecule has 0 bridgehead atoms. The zero-order valence-electron chi connectivity index (χ0n) is 12.8. The number of nitrogens with zero attached hydrogens (tertiary/aromatic N) is 2. The van der Waals surface area contributed by atoms with E-state index in [0.717, 1.165) is 12.2 Å². The number of hydrogen-bond donors (Lipinski definition) is 2. The molecule has 0 saturated heterocycles. The van der Waals surface area contributed by atoms with Crippen molar-refractivity contribution in [3.05, 3.63) is 24.0 Å². The third-order valence-electron chi connectivity index (χ3n) is 3.03. The first-order chi connectivity index (χ1) is 9.47. The second kappa shape index (κ2) is 7.85. The van der Waals surface area contributed by atoms with E-state index < -0.39 is 6.10 Å². The Labute approximate surface area is 121 Å². The Balaban J connectivity index is 2.72. The van der Waals surface area contributed by atoms with Crippen molar-refractivity contribution in [2.24, 2.45) is 0 Å². The van der Waals surface area contributed by atoms with E-state index >= 15 is 0 Å². The van der Waals surface area contributed by atoms with E-state index in [9.17, 15) is 9.90 Å². The van der Waals surface area contributed by atoms with Crippen LogP contribution < -0.4 is 10.2 Å². The van der Waals surface area contributed by atoms with Gasteiger partial charge >= 0.3 is 0 Å². The van der Waals surface area contributed by atoms with Crippen LogP contribution in [0.15, 0.2) is 18.3 Å². The first kappa shape index (κ1) is 16.4. The Morgan fingerprint density at radius 3 is 2.55 bits per heavy atom. The number of likely N-dealkylation sites (N-methyl/N-ethyl adjacent to an activating group) is 1. The largest absolute Gasteiger partial charge is 0.387 e. The smallest absolute Gasteiger partial charge is 0.239 e. The van der Waals surface area contributed by atoms with E-state index in [2.05, 4.69) is 10.3 Å². The molecule has 0 saturated carbocycles. The fourth-order valence-corrected chi connectivity index (χ4v) is 1.92. The molecule has 0 spiro atoms. The van der Waals surface area contributed by atoms with Crippen LogP contribution in [0, 0.1) is 0 Å². The minimum Gasteiger partial charge on any atom is -0.387 e. The standard InChI is InChI=1S/C15H25N3O2/c1-5-14(19)13-8-7-12(9-16-13)18(6-2)10-15(20)17-11(3)4/h7-9,11,14,19H,5-6,10H2,1-4H3,(H,17,20)/t14-/m1/s1. The molecule has 2 N–H and O–H groups in total. The van der Waals surface area contributed by atoms with Crippen molar-refractivity contribution in [3.63, 3.8) is 0 Å². The molecule has 1 rings (SSSR count). The van der Waals surface area contributed by atoms with Crippen LogP contribution in [0.4, 0.5) is 5.69 Å². The molecule has 0 aromatic carbocycles. The number of anilines is 1. The van der Waals surface area contributed by atoms with Crippen LogP contribution in [0.2, 0.25) is 0 Å². The number of aliphatic hydroxyl groups is 1. The quantitative estimate of drug-likeness (QED) is 0.800. The number of nitrogens with one attached hydrogen (secondary N) is 1. The number of carbonyl (C=O) groups is 1. The average molecular weight is 279 g/mol. The average Bonchev–Trinajstić information content (AvgIpc) is 2.43. The van der Waals surface area contributed by atoms with Crippen LogP contribution in [0.3, 0.4) is 0 Å². The number of rotatable bonds is 7. The molecule has 5 nitrogen and oxygen atoms in total. The number of hydrogen-bond acceptors (Lipinski definition) is 4. The van der Waals surface area contributed by atoms with Crippen molar-refractivity contribution >= 4 is 11.6 Å². The summed E-state index contributed by atoms with van der Waals surface area (Å²) in [5.74, 6) is -0.000445. The lowest BCUT2D eigenvalue weighted by Crippen LogP contribution is -2.40. The van der Waals surface area contributed by atoms with Crippen molar-refractivity contribution in [1.82, 2.24) is 10.3 Å². The van der Waals surface area contributed by atoms with Crippen LogP contribution in [-0.4, -0.2) is 35.1 Å². The van der Waals surface area contributed by atoms with Gasteiger partial charge in [0.2, 0.25) is 5.91 Å². The normalized spacial score (nSPS) is 12.3. The Morgan fingerprint density at radius 2 is 2.10 bits per heavy atom. The minimum absolute atomic E-state index is 0.000445. The Hall–Kier alpha value is -1.62. The molecular weight excluding hydrogens is 254 g/mol. The molecule has 20 heavy (non-hydrogen) atoms. The Bertz CT molecular complexity index is 418. The fourth-order valence-electron chi connectivity index (χ4n) is 1.92. The SMILES string of the molecule is CC[C@@H](O)c1ccc(N(CC)CC(=O)NC(C)C)cn1. The van der Waals surface area contributed by atoms with Gasteiger partial charge < -0.3 is 15.3 Å². The van der Waals surface area contributed by atoms with Crippen molar-refractivity contribution in [2.45, 2.75) is 46.3 Å². The van der Waals surface area contributed by atoms with Crippen LogP contribution in [0.1, 0.15) is 45.9 Å². The monoisotopic (exact) mass is 279 g/mol. The summed E-state index contributed by atoms with van der Waals surface area (Å²) >= 11 is 0. The van der Waals surface area contributed by atoms with Crippen LogP contribution >= 0.6 is 0 Å². The molecule has 1 amide bonds. The van der Waals surface area contributed by atoms with Gasteiger partial charge in [-0.2, -0.15) is 0 Å². The van der Waals surface area contributed by atoms with E-state index in [4.69, 9.17) is 0 Å². The van der Waals surface area contributed by atoms with Gasteiger partial charge in [0.1, 0.15) is 0 Å². The molecule has 112 valence electrons. The molecule has 0 fully saturated rings. The van der Waals surface area contributed by atoms with E-state index in [0.29, 0.717) is 18.7 Å². The van der Waals surface area contributed by atoms with Gasteiger partial charge in [0.05, 0.1) is 30.2 Å². The van der Waals surface area contributed by atoms with Crippen molar-refractivity contribution in [3.8, 4) is 0 Å². The lowest BCUT2D eigenvalue weighted by Gasteiger charge is -2.23. The molecule has 0 radical (unpaired) electrons. The van der Waals surface area contributed by atoms with E-state index in [1.54, 1.807) is 6.20 Å². The maximum atomic E-state index is 11.8. The van der Waals surface area contributed by atoms with Gasteiger partial charge in [-0.15, -0.1) is 0 Å². The molecule has 0 aliphatic heterocycles.